The lowest BCUT2D eigenvalue weighted by Gasteiger charge is -2.04. The van der Waals surface area contributed by atoms with E-state index < -0.39 is 0 Å². The number of phenols is 1. The average molecular weight is 466 g/mol. The van der Waals surface area contributed by atoms with E-state index in [-0.39, 0.29) is 18.1 Å². The van der Waals surface area contributed by atoms with Gasteiger partial charge >= 0.3 is 0 Å². The first-order valence-electron chi connectivity index (χ1n) is 7.44. The number of nitrogens with one attached hydrogen (secondary N) is 1. The number of hydrogen-bond acceptors (Lipinski definition) is 4. The average Bonchev–Trinajstić information content (AvgIpc) is 3.00. The molecule has 0 spiro atoms. The van der Waals surface area contributed by atoms with Crippen molar-refractivity contribution in [3.8, 4) is 5.75 Å². The number of aromatic nitrogens is 2. The molecule has 8 heteroatoms. The maximum atomic E-state index is 11.9. The summed E-state index contributed by atoms with van der Waals surface area (Å²) in [5, 5.41) is 13.8. The molecule has 128 valence electrons. The van der Waals surface area contributed by atoms with Crippen molar-refractivity contribution >= 4 is 55.0 Å². The number of imidazole rings is 1. The van der Waals surface area contributed by atoms with Crippen molar-refractivity contribution in [3.63, 3.8) is 0 Å². The fourth-order valence-electron chi connectivity index (χ4n) is 2.32. The minimum Gasteiger partial charge on any atom is -0.506 e. The number of hydrogen-bond donors (Lipinski definition) is 2. The second-order valence-corrected chi connectivity index (χ2v) is 7.07. The zero-order chi connectivity index (χ0) is 17.8. The van der Waals surface area contributed by atoms with Crippen LogP contribution in [0.25, 0.3) is 11.0 Å². The molecular formula is C17H14Br2N4O2. The molecule has 0 radical (unpaired) electrons. The third kappa shape index (κ3) is 4.26. The van der Waals surface area contributed by atoms with Crippen molar-refractivity contribution in [2.75, 3.05) is 0 Å². The molecule has 0 atom stereocenters. The van der Waals surface area contributed by atoms with Crippen LogP contribution < -0.4 is 5.43 Å². The van der Waals surface area contributed by atoms with Crippen LogP contribution in [0.1, 0.15) is 12.0 Å². The highest BCUT2D eigenvalue weighted by molar-refractivity contribution is 9.11. The molecule has 6 nitrogen and oxygen atoms in total. The smallest absolute Gasteiger partial charge is 0.241 e. The number of phenolic OH excluding ortho intramolecular Hbond substituents is 1. The third-order valence-corrected chi connectivity index (χ3v) is 4.62. The molecule has 0 unspecified atom stereocenters. The number of aryl methyl sites for hydroxylation is 1. The van der Waals surface area contributed by atoms with Gasteiger partial charge in [-0.2, -0.15) is 5.10 Å². The summed E-state index contributed by atoms with van der Waals surface area (Å²) in [4.78, 5) is 16.2. The van der Waals surface area contributed by atoms with Crippen molar-refractivity contribution in [2.24, 2.45) is 5.10 Å². The molecule has 3 rings (SSSR count). The summed E-state index contributed by atoms with van der Waals surface area (Å²) < 4.78 is 3.26. The number of carbonyl (C=O) groups is 1. The molecule has 1 aromatic heterocycles. The Bertz CT molecular complexity index is 953. The van der Waals surface area contributed by atoms with Crippen molar-refractivity contribution in [1.82, 2.24) is 15.0 Å². The number of aromatic hydroxyl groups is 1. The van der Waals surface area contributed by atoms with Gasteiger partial charge in [0.1, 0.15) is 5.75 Å². The van der Waals surface area contributed by atoms with E-state index in [2.05, 4.69) is 47.4 Å². The number of benzene rings is 2. The van der Waals surface area contributed by atoms with Crippen LogP contribution in [-0.4, -0.2) is 26.8 Å². The van der Waals surface area contributed by atoms with E-state index in [1.807, 2.05) is 28.8 Å². The topological polar surface area (TPSA) is 79.5 Å². The maximum absolute atomic E-state index is 11.9. The minimum atomic E-state index is -0.220. The first-order valence-corrected chi connectivity index (χ1v) is 9.03. The number of amides is 1. The van der Waals surface area contributed by atoms with Gasteiger partial charge in [-0.3, -0.25) is 4.79 Å². The second kappa shape index (κ2) is 7.79. The first-order chi connectivity index (χ1) is 12.0. The molecular weight excluding hydrogens is 452 g/mol. The quantitative estimate of drug-likeness (QED) is 0.444. The molecule has 1 heterocycles. The predicted octanol–water partition coefficient (Wildman–Crippen LogP) is 3.81. The van der Waals surface area contributed by atoms with E-state index in [0.29, 0.717) is 16.6 Å². The summed E-state index contributed by atoms with van der Waals surface area (Å²) in [5.74, 6) is -0.159. The molecule has 0 aliphatic carbocycles. The van der Waals surface area contributed by atoms with Crippen molar-refractivity contribution in [3.05, 3.63) is 57.2 Å². The molecule has 2 aromatic carbocycles. The van der Waals surface area contributed by atoms with Gasteiger partial charge in [0.2, 0.25) is 5.91 Å². The molecule has 0 saturated heterocycles. The molecule has 25 heavy (non-hydrogen) atoms. The monoisotopic (exact) mass is 464 g/mol. The molecule has 2 N–H and O–H groups in total. The van der Waals surface area contributed by atoms with E-state index >= 15 is 0 Å². The number of carbonyl (C=O) groups excluding carboxylic acids is 1. The summed E-state index contributed by atoms with van der Waals surface area (Å²) in [6, 6.07) is 11.2. The Morgan fingerprint density at radius 3 is 2.96 bits per heavy atom. The number of fused-ring (bicyclic) bond motifs is 1. The Hall–Kier alpha value is -2.19. The van der Waals surface area contributed by atoms with Crippen molar-refractivity contribution in [2.45, 2.75) is 13.0 Å². The summed E-state index contributed by atoms with van der Waals surface area (Å²) >= 11 is 6.58. The largest absolute Gasteiger partial charge is 0.506 e. The Morgan fingerprint density at radius 1 is 1.32 bits per heavy atom. The fraction of sp³-hybridized carbons (Fsp3) is 0.118. The van der Waals surface area contributed by atoms with Crippen LogP contribution in [-0.2, 0) is 11.3 Å². The van der Waals surface area contributed by atoms with E-state index in [1.54, 1.807) is 18.5 Å². The fourth-order valence-corrected chi connectivity index (χ4v) is 3.58. The van der Waals surface area contributed by atoms with Gasteiger partial charge in [0.25, 0.3) is 0 Å². The molecule has 1 amide bonds. The standard InChI is InChI=1S/C17H14Br2N4O2/c18-12-7-11(17(25)13(19)8-12)9-21-22-16(24)5-6-23-10-20-14-3-1-2-4-15(14)23/h1-4,7-10,25H,5-6H2,(H,22,24). The van der Waals surface area contributed by atoms with E-state index in [0.717, 1.165) is 15.5 Å². The molecule has 0 aliphatic rings. The highest BCUT2D eigenvalue weighted by Crippen LogP contribution is 2.30. The van der Waals surface area contributed by atoms with Gasteiger partial charge in [0.05, 0.1) is 28.0 Å². The lowest BCUT2D eigenvalue weighted by atomic mass is 10.2. The summed E-state index contributed by atoms with van der Waals surface area (Å²) in [7, 11) is 0. The van der Waals surface area contributed by atoms with Gasteiger partial charge in [-0.15, -0.1) is 0 Å². The van der Waals surface area contributed by atoms with Gasteiger partial charge in [-0.25, -0.2) is 10.4 Å². The number of nitrogens with zero attached hydrogens (tertiary/aromatic N) is 3. The summed E-state index contributed by atoms with van der Waals surface area (Å²) in [6.45, 7) is 0.509. The minimum absolute atomic E-state index is 0.0612. The number of para-hydroxylation sites is 2. The van der Waals surface area contributed by atoms with Crippen LogP contribution in [0.15, 0.2) is 56.8 Å². The highest BCUT2D eigenvalue weighted by Gasteiger charge is 2.07. The maximum Gasteiger partial charge on any atom is 0.241 e. The number of halogens is 2. The van der Waals surface area contributed by atoms with Gasteiger partial charge in [-0.05, 0) is 40.2 Å². The van der Waals surface area contributed by atoms with Gasteiger partial charge < -0.3 is 9.67 Å². The van der Waals surface area contributed by atoms with Gasteiger partial charge in [-0.1, -0.05) is 28.1 Å². The van der Waals surface area contributed by atoms with Crippen LogP contribution in [0.3, 0.4) is 0 Å². The van der Waals surface area contributed by atoms with Crippen LogP contribution >= 0.6 is 31.9 Å². The molecule has 3 aromatic rings. The zero-order valence-corrected chi connectivity index (χ0v) is 16.2. The van der Waals surface area contributed by atoms with Crippen LogP contribution in [0.4, 0.5) is 0 Å². The Balaban J connectivity index is 1.58. The van der Waals surface area contributed by atoms with E-state index in [9.17, 15) is 9.90 Å². The summed E-state index contributed by atoms with van der Waals surface area (Å²) in [5.41, 5.74) is 4.84. The lowest BCUT2D eigenvalue weighted by molar-refractivity contribution is -0.121. The van der Waals surface area contributed by atoms with Crippen LogP contribution in [0, 0.1) is 0 Å². The second-order valence-electron chi connectivity index (χ2n) is 5.30. The molecule has 0 saturated carbocycles. The SMILES string of the molecule is O=C(CCn1cnc2ccccc21)NN=Cc1cc(Br)cc(Br)c1O. The van der Waals surface area contributed by atoms with E-state index in [1.165, 1.54) is 6.21 Å². The van der Waals surface area contributed by atoms with E-state index in [4.69, 9.17) is 0 Å². The van der Waals surface area contributed by atoms with Crippen LogP contribution in [0.5, 0.6) is 5.75 Å². The predicted molar refractivity (Wildman–Crippen MR) is 104 cm³/mol. The highest BCUT2D eigenvalue weighted by atomic mass is 79.9. The Labute approximate surface area is 160 Å². The molecule has 0 aliphatic heterocycles. The Kier molecular flexibility index (Phi) is 5.50. The lowest BCUT2D eigenvalue weighted by Crippen LogP contribution is -2.19. The van der Waals surface area contributed by atoms with Crippen LogP contribution in [0.2, 0.25) is 0 Å². The first kappa shape index (κ1) is 17.6. The molecule has 0 bridgehead atoms. The van der Waals surface area contributed by atoms with Crippen molar-refractivity contribution in [1.29, 1.82) is 0 Å². The number of rotatable bonds is 5. The summed E-state index contributed by atoms with van der Waals surface area (Å²) in [6.07, 6.45) is 3.39. The molecule has 0 fully saturated rings. The number of hydrazone groups is 1. The van der Waals surface area contributed by atoms with Gasteiger partial charge in [0.15, 0.2) is 0 Å². The van der Waals surface area contributed by atoms with Gasteiger partial charge in [0, 0.05) is 23.0 Å². The Morgan fingerprint density at radius 2 is 2.12 bits per heavy atom. The van der Waals surface area contributed by atoms with Crippen molar-refractivity contribution < 1.29 is 9.90 Å². The zero-order valence-electron chi connectivity index (χ0n) is 13.0. The normalized spacial score (nSPS) is 11.3. The third-order valence-electron chi connectivity index (χ3n) is 3.56.